The van der Waals surface area contributed by atoms with Crippen LogP contribution >= 0.6 is 0 Å². The van der Waals surface area contributed by atoms with Gasteiger partial charge in [-0.3, -0.25) is 14.9 Å². The van der Waals surface area contributed by atoms with Crippen LogP contribution in [0, 0.1) is 0 Å². The normalized spacial score (nSPS) is 26.7. The average Bonchev–Trinajstić information content (AvgIpc) is 2.46. The van der Waals surface area contributed by atoms with Crippen LogP contribution in [0.2, 0.25) is 0 Å². The van der Waals surface area contributed by atoms with Gasteiger partial charge in [0.15, 0.2) is 0 Å². The second-order valence-electron chi connectivity index (χ2n) is 5.46. The van der Waals surface area contributed by atoms with Gasteiger partial charge in [-0.25, -0.2) is 5.06 Å². The van der Waals surface area contributed by atoms with Crippen LogP contribution < -0.4 is 5.32 Å². The molecular weight excluding hydrogens is 228 g/mol. The van der Waals surface area contributed by atoms with Crippen molar-refractivity contribution < 1.29 is 9.63 Å². The molecule has 1 atom stereocenters. The molecule has 0 aliphatic carbocycles. The van der Waals surface area contributed by atoms with Crippen molar-refractivity contribution in [1.29, 1.82) is 0 Å². The first-order chi connectivity index (χ1) is 8.39. The van der Waals surface area contributed by atoms with Crippen molar-refractivity contribution in [3.05, 3.63) is 35.9 Å². The van der Waals surface area contributed by atoms with Gasteiger partial charge >= 0.3 is 0 Å². The minimum Gasteiger partial charge on any atom is -0.279 e. The first-order valence-electron chi connectivity index (χ1n) is 6.11. The third kappa shape index (κ3) is 2.13. The SMILES string of the molecule is CON1C(=O)[C@](C)(Cc2ccccc2)NC1(C)C. The van der Waals surface area contributed by atoms with Gasteiger partial charge in [-0.2, -0.15) is 0 Å². The Kier molecular flexibility index (Phi) is 3.17. The quantitative estimate of drug-likeness (QED) is 0.885. The molecule has 2 rings (SSSR count). The van der Waals surface area contributed by atoms with Crippen LogP contribution in [-0.2, 0) is 16.1 Å². The Morgan fingerprint density at radius 3 is 2.33 bits per heavy atom. The zero-order valence-electron chi connectivity index (χ0n) is 11.4. The Labute approximate surface area is 108 Å². The summed E-state index contributed by atoms with van der Waals surface area (Å²) in [7, 11) is 1.52. The van der Waals surface area contributed by atoms with Crippen LogP contribution in [0.25, 0.3) is 0 Å². The highest BCUT2D eigenvalue weighted by atomic mass is 16.7. The van der Waals surface area contributed by atoms with Gasteiger partial charge < -0.3 is 0 Å². The first kappa shape index (κ1) is 13.1. The second kappa shape index (κ2) is 4.37. The Hall–Kier alpha value is -1.39. The Morgan fingerprint density at radius 1 is 1.22 bits per heavy atom. The molecule has 1 aliphatic rings. The van der Waals surface area contributed by atoms with E-state index in [1.54, 1.807) is 0 Å². The van der Waals surface area contributed by atoms with E-state index in [4.69, 9.17) is 4.84 Å². The van der Waals surface area contributed by atoms with E-state index in [0.717, 1.165) is 5.56 Å². The molecule has 0 radical (unpaired) electrons. The summed E-state index contributed by atoms with van der Waals surface area (Å²) in [4.78, 5) is 17.6. The molecule has 1 heterocycles. The maximum atomic E-state index is 12.4. The van der Waals surface area contributed by atoms with E-state index in [9.17, 15) is 4.79 Å². The summed E-state index contributed by atoms with van der Waals surface area (Å²) in [5, 5.41) is 4.77. The predicted molar refractivity (Wildman–Crippen MR) is 69.6 cm³/mol. The number of nitrogens with zero attached hydrogens (tertiary/aromatic N) is 1. The monoisotopic (exact) mass is 248 g/mol. The first-order valence-corrected chi connectivity index (χ1v) is 6.11. The molecule has 1 saturated heterocycles. The van der Waals surface area contributed by atoms with Gasteiger partial charge in [-0.1, -0.05) is 30.3 Å². The van der Waals surface area contributed by atoms with Crippen molar-refractivity contribution in [2.45, 2.75) is 38.4 Å². The maximum Gasteiger partial charge on any atom is 0.268 e. The van der Waals surface area contributed by atoms with Crippen LogP contribution in [0.15, 0.2) is 30.3 Å². The molecule has 1 N–H and O–H groups in total. The van der Waals surface area contributed by atoms with Crippen molar-refractivity contribution in [3.8, 4) is 0 Å². The summed E-state index contributed by atoms with van der Waals surface area (Å²) in [6, 6.07) is 10.0. The van der Waals surface area contributed by atoms with E-state index in [1.807, 2.05) is 51.1 Å². The summed E-state index contributed by atoms with van der Waals surface area (Å²) in [5.41, 5.74) is 0.0190. The molecule has 1 aromatic carbocycles. The molecule has 4 nitrogen and oxygen atoms in total. The third-order valence-electron chi connectivity index (χ3n) is 3.33. The summed E-state index contributed by atoms with van der Waals surface area (Å²) < 4.78 is 0. The van der Waals surface area contributed by atoms with Gasteiger partial charge in [0.2, 0.25) is 0 Å². The average molecular weight is 248 g/mol. The third-order valence-corrected chi connectivity index (χ3v) is 3.33. The van der Waals surface area contributed by atoms with E-state index < -0.39 is 11.2 Å². The molecule has 0 spiro atoms. The minimum atomic E-state index is -0.624. The highest BCUT2D eigenvalue weighted by Gasteiger charge is 2.52. The number of carbonyl (C=O) groups excluding carboxylic acids is 1. The lowest BCUT2D eigenvalue weighted by atomic mass is 9.93. The summed E-state index contributed by atoms with van der Waals surface area (Å²) in [6.07, 6.45) is 0.649. The molecule has 4 heteroatoms. The van der Waals surface area contributed by atoms with Gasteiger partial charge in [0, 0.05) is 0 Å². The fourth-order valence-electron chi connectivity index (χ4n) is 2.69. The summed E-state index contributed by atoms with van der Waals surface area (Å²) >= 11 is 0. The molecule has 98 valence electrons. The Morgan fingerprint density at radius 2 is 1.83 bits per heavy atom. The Balaban J connectivity index is 2.25. The fourth-order valence-corrected chi connectivity index (χ4v) is 2.69. The van der Waals surface area contributed by atoms with E-state index in [-0.39, 0.29) is 5.91 Å². The van der Waals surface area contributed by atoms with Crippen LogP contribution in [0.4, 0.5) is 0 Å². The number of rotatable bonds is 3. The van der Waals surface area contributed by atoms with Crippen molar-refractivity contribution in [1.82, 2.24) is 10.4 Å². The molecule has 0 unspecified atom stereocenters. The van der Waals surface area contributed by atoms with E-state index in [2.05, 4.69) is 5.32 Å². The number of nitrogens with one attached hydrogen (secondary N) is 1. The second-order valence-corrected chi connectivity index (χ2v) is 5.46. The molecule has 1 aromatic rings. The van der Waals surface area contributed by atoms with Gasteiger partial charge in [-0.15, -0.1) is 0 Å². The van der Waals surface area contributed by atoms with Gasteiger partial charge in [0.25, 0.3) is 5.91 Å². The number of hydrogen-bond acceptors (Lipinski definition) is 3. The molecule has 1 aliphatic heterocycles. The molecule has 1 amide bonds. The summed E-state index contributed by atoms with van der Waals surface area (Å²) in [6.45, 7) is 5.79. The lowest BCUT2D eigenvalue weighted by Crippen LogP contribution is -2.50. The smallest absolute Gasteiger partial charge is 0.268 e. The number of benzene rings is 1. The van der Waals surface area contributed by atoms with Crippen molar-refractivity contribution in [2.24, 2.45) is 0 Å². The van der Waals surface area contributed by atoms with Crippen molar-refractivity contribution in [3.63, 3.8) is 0 Å². The predicted octanol–water partition coefficient (Wildman–Crippen LogP) is 1.72. The highest BCUT2D eigenvalue weighted by Crippen LogP contribution is 2.30. The lowest BCUT2D eigenvalue weighted by Gasteiger charge is -2.28. The number of hydroxylamine groups is 2. The molecular formula is C14H20N2O2. The lowest BCUT2D eigenvalue weighted by molar-refractivity contribution is -0.193. The zero-order chi connectivity index (χ0) is 13.4. The number of hydrogen-bond donors (Lipinski definition) is 1. The van der Waals surface area contributed by atoms with Crippen LogP contribution in [0.1, 0.15) is 26.3 Å². The van der Waals surface area contributed by atoms with E-state index >= 15 is 0 Å². The number of carbonyl (C=O) groups is 1. The number of amides is 1. The molecule has 1 fully saturated rings. The molecule has 18 heavy (non-hydrogen) atoms. The Bertz CT molecular complexity index is 444. The highest BCUT2D eigenvalue weighted by molar-refractivity contribution is 5.88. The largest absolute Gasteiger partial charge is 0.279 e. The molecule has 0 aromatic heterocycles. The molecule has 0 bridgehead atoms. The van der Waals surface area contributed by atoms with Crippen molar-refractivity contribution in [2.75, 3.05) is 7.11 Å². The van der Waals surface area contributed by atoms with Gasteiger partial charge in [0.1, 0.15) is 11.2 Å². The van der Waals surface area contributed by atoms with Crippen LogP contribution in [0.3, 0.4) is 0 Å². The summed E-state index contributed by atoms with van der Waals surface area (Å²) in [5.74, 6) is -0.0288. The molecule has 0 saturated carbocycles. The fraction of sp³-hybridized carbons (Fsp3) is 0.500. The van der Waals surface area contributed by atoms with E-state index in [1.165, 1.54) is 12.2 Å². The van der Waals surface area contributed by atoms with E-state index in [0.29, 0.717) is 6.42 Å². The standard InChI is InChI=1S/C14H20N2O2/c1-13(2)15-14(3,12(17)16(13)18-4)10-11-8-6-5-7-9-11/h5-9,15H,10H2,1-4H3/t14-/m0/s1. The van der Waals surface area contributed by atoms with Crippen LogP contribution in [0.5, 0.6) is 0 Å². The van der Waals surface area contributed by atoms with Crippen molar-refractivity contribution >= 4 is 5.91 Å². The van der Waals surface area contributed by atoms with Gasteiger partial charge in [0.05, 0.1) is 7.11 Å². The minimum absolute atomic E-state index is 0.0288. The van der Waals surface area contributed by atoms with Gasteiger partial charge in [-0.05, 0) is 32.8 Å². The topological polar surface area (TPSA) is 41.6 Å². The zero-order valence-corrected chi connectivity index (χ0v) is 11.4. The van der Waals surface area contributed by atoms with Crippen LogP contribution in [-0.4, -0.2) is 29.3 Å². The maximum absolute atomic E-state index is 12.4.